The maximum Gasteiger partial charge on any atom is 0.161 e. The molecule has 0 unspecified atom stereocenters. The fourth-order valence-corrected chi connectivity index (χ4v) is 5.25. The average molecular weight is 499 g/mol. The Kier molecular flexibility index (Phi) is 6.42. The third-order valence-corrected chi connectivity index (χ3v) is 7.33. The minimum Gasteiger partial charge on any atom is -0.507 e. The number of aryl methyl sites for hydroxylation is 1. The summed E-state index contributed by atoms with van der Waals surface area (Å²) in [5, 5.41) is 21.6. The molecule has 1 aliphatic heterocycles. The molecule has 1 atom stereocenters. The number of carbonyl (C=O) groups is 1. The van der Waals surface area contributed by atoms with Gasteiger partial charge in [0, 0.05) is 45.5 Å². The highest BCUT2D eigenvalue weighted by Gasteiger charge is 2.43. The van der Waals surface area contributed by atoms with E-state index >= 15 is 0 Å². The lowest BCUT2D eigenvalue weighted by Crippen LogP contribution is -2.42. The number of allylic oxidation sites excluding steroid dienone is 2. The molecule has 6 heteroatoms. The first-order valence-corrected chi connectivity index (χ1v) is 12.3. The van der Waals surface area contributed by atoms with Crippen molar-refractivity contribution < 1.29 is 14.6 Å². The summed E-state index contributed by atoms with van der Waals surface area (Å²) in [6.45, 7) is 1.93. The van der Waals surface area contributed by atoms with Gasteiger partial charge in [-0.15, -0.1) is 0 Å². The zero-order valence-corrected chi connectivity index (χ0v) is 21.0. The van der Waals surface area contributed by atoms with E-state index < -0.39 is 5.92 Å². The van der Waals surface area contributed by atoms with Gasteiger partial charge in [0.15, 0.2) is 5.78 Å². The van der Waals surface area contributed by atoms with Crippen molar-refractivity contribution in [3.8, 4) is 5.75 Å². The SMILES string of the molecule is COc1ccc([C@H]2C3=C(CCCC3=O)N(c3ccc(C)c(Cl)c3)C(=N)/C2=C(/O)c2ccccc2)cc1. The molecule has 0 spiro atoms. The van der Waals surface area contributed by atoms with Crippen LogP contribution in [0.2, 0.25) is 5.02 Å². The first-order chi connectivity index (χ1) is 17.4. The summed E-state index contributed by atoms with van der Waals surface area (Å²) in [6, 6.07) is 22.3. The van der Waals surface area contributed by atoms with Gasteiger partial charge in [0.2, 0.25) is 0 Å². The van der Waals surface area contributed by atoms with E-state index in [1.165, 1.54) is 0 Å². The predicted molar refractivity (Wildman–Crippen MR) is 144 cm³/mol. The number of carbonyl (C=O) groups excluding carboxylic acids is 1. The smallest absolute Gasteiger partial charge is 0.161 e. The maximum atomic E-state index is 13.5. The van der Waals surface area contributed by atoms with Crippen molar-refractivity contribution in [2.75, 3.05) is 12.0 Å². The van der Waals surface area contributed by atoms with Gasteiger partial charge in [-0.1, -0.05) is 60.1 Å². The maximum absolute atomic E-state index is 13.5. The summed E-state index contributed by atoms with van der Waals surface area (Å²) in [7, 11) is 1.60. The Bertz CT molecular complexity index is 1410. The molecule has 5 rings (SSSR count). The number of amidine groups is 1. The van der Waals surface area contributed by atoms with Crippen molar-refractivity contribution in [2.24, 2.45) is 0 Å². The Labute approximate surface area is 215 Å². The fraction of sp³-hybridized carbons (Fsp3) is 0.200. The number of halogens is 1. The average Bonchev–Trinajstić information content (AvgIpc) is 2.90. The normalized spacial score (nSPS) is 19.3. The molecule has 182 valence electrons. The van der Waals surface area contributed by atoms with E-state index in [-0.39, 0.29) is 17.4 Å². The lowest BCUT2D eigenvalue weighted by molar-refractivity contribution is -0.116. The van der Waals surface area contributed by atoms with E-state index in [0.717, 1.165) is 16.8 Å². The summed E-state index contributed by atoms with van der Waals surface area (Å²) in [6.07, 6.45) is 1.79. The zero-order valence-electron chi connectivity index (χ0n) is 20.2. The number of nitrogens with one attached hydrogen (secondary N) is 1. The van der Waals surface area contributed by atoms with Crippen molar-refractivity contribution in [3.63, 3.8) is 0 Å². The Morgan fingerprint density at radius 2 is 1.78 bits per heavy atom. The molecule has 5 nitrogen and oxygen atoms in total. The number of ketones is 1. The zero-order chi connectivity index (χ0) is 25.4. The molecule has 0 fully saturated rings. The molecule has 1 aliphatic carbocycles. The molecule has 0 bridgehead atoms. The lowest BCUT2D eigenvalue weighted by Gasteiger charge is -2.42. The summed E-state index contributed by atoms with van der Waals surface area (Å²) in [5.74, 6) is 0.261. The second-order valence-corrected chi connectivity index (χ2v) is 9.50. The van der Waals surface area contributed by atoms with E-state index in [1.807, 2.05) is 67.6 Å². The van der Waals surface area contributed by atoms with Crippen LogP contribution in [-0.2, 0) is 4.79 Å². The highest BCUT2D eigenvalue weighted by Crippen LogP contribution is 2.48. The van der Waals surface area contributed by atoms with Gasteiger partial charge in [-0.3, -0.25) is 15.1 Å². The summed E-state index contributed by atoms with van der Waals surface area (Å²) in [5.41, 5.74) is 4.84. The van der Waals surface area contributed by atoms with Crippen molar-refractivity contribution in [1.29, 1.82) is 5.41 Å². The van der Waals surface area contributed by atoms with E-state index in [4.69, 9.17) is 16.3 Å². The molecular formula is C30H27ClN2O3. The second kappa shape index (κ2) is 9.67. The second-order valence-electron chi connectivity index (χ2n) is 9.09. The highest BCUT2D eigenvalue weighted by atomic mass is 35.5. The summed E-state index contributed by atoms with van der Waals surface area (Å²) >= 11 is 6.48. The number of hydrogen-bond acceptors (Lipinski definition) is 4. The highest BCUT2D eigenvalue weighted by molar-refractivity contribution is 6.32. The van der Waals surface area contributed by atoms with E-state index in [2.05, 4.69) is 0 Å². The number of methoxy groups -OCH3 is 1. The largest absolute Gasteiger partial charge is 0.507 e. The first kappa shape index (κ1) is 23.9. The Morgan fingerprint density at radius 3 is 2.44 bits per heavy atom. The van der Waals surface area contributed by atoms with Gasteiger partial charge < -0.3 is 9.84 Å². The third-order valence-electron chi connectivity index (χ3n) is 6.92. The van der Waals surface area contributed by atoms with Gasteiger partial charge in [0.25, 0.3) is 0 Å². The molecule has 0 saturated heterocycles. The lowest BCUT2D eigenvalue weighted by atomic mass is 9.73. The molecule has 1 heterocycles. The Balaban J connectivity index is 1.81. The van der Waals surface area contributed by atoms with Crippen LogP contribution in [0, 0.1) is 12.3 Å². The molecule has 0 saturated carbocycles. The number of anilines is 1. The number of Topliss-reactive ketones (excluding diaryl/α,β-unsaturated/α-hetero) is 1. The summed E-state index contributed by atoms with van der Waals surface area (Å²) < 4.78 is 5.34. The number of hydrogen-bond donors (Lipinski definition) is 2. The number of ether oxygens (including phenoxy) is 1. The van der Waals surface area contributed by atoms with Crippen LogP contribution in [0.1, 0.15) is 41.9 Å². The van der Waals surface area contributed by atoms with Gasteiger partial charge in [0.1, 0.15) is 17.3 Å². The molecule has 36 heavy (non-hydrogen) atoms. The van der Waals surface area contributed by atoms with Gasteiger partial charge >= 0.3 is 0 Å². The molecule has 3 aromatic rings. The quantitative estimate of drug-likeness (QED) is 0.372. The number of aliphatic hydroxyl groups excluding tert-OH is 1. The third kappa shape index (κ3) is 4.10. The molecule has 2 N–H and O–H groups in total. The van der Waals surface area contributed by atoms with E-state index in [1.54, 1.807) is 24.1 Å². The van der Waals surface area contributed by atoms with Crippen molar-refractivity contribution in [3.05, 3.63) is 111 Å². The van der Waals surface area contributed by atoms with Crippen LogP contribution in [0.15, 0.2) is 89.6 Å². The molecule has 3 aromatic carbocycles. The van der Waals surface area contributed by atoms with Crippen LogP contribution in [0.4, 0.5) is 5.69 Å². The predicted octanol–water partition coefficient (Wildman–Crippen LogP) is 7.21. The van der Waals surface area contributed by atoms with Crippen LogP contribution in [0.25, 0.3) is 5.76 Å². The number of benzene rings is 3. The van der Waals surface area contributed by atoms with Crippen molar-refractivity contribution in [1.82, 2.24) is 0 Å². The van der Waals surface area contributed by atoms with E-state index in [9.17, 15) is 15.3 Å². The van der Waals surface area contributed by atoms with Crippen molar-refractivity contribution in [2.45, 2.75) is 32.1 Å². The van der Waals surface area contributed by atoms with Gasteiger partial charge in [0.05, 0.1) is 7.11 Å². The number of nitrogens with zero attached hydrogens (tertiary/aromatic N) is 1. The van der Waals surface area contributed by atoms with Gasteiger partial charge in [-0.25, -0.2) is 0 Å². The van der Waals surface area contributed by atoms with Crippen LogP contribution in [0.3, 0.4) is 0 Å². The summed E-state index contributed by atoms with van der Waals surface area (Å²) in [4.78, 5) is 15.3. The molecule has 0 radical (unpaired) electrons. The molecule has 0 amide bonds. The van der Waals surface area contributed by atoms with Gasteiger partial charge in [-0.2, -0.15) is 0 Å². The molecule has 2 aliphatic rings. The van der Waals surface area contributed by atoms with Crippen molar-refractivity contribution >= 4 is 34.7 Å². The standard InChI is InChI=1S/C30H27ClN2O3/c1-18-11-14-21(17-23(18)31)33-24-9-6-10-25(34)27(24)26(19-12-15-22(36-2)16-13-19)28(30(33)32)29(35)20-7-4-3-5-8-20/h3-5,7-8,11-17,26,32,35H,6,9-10H2,1-2H3/b29-28+,32-30?/t26-/m0/s1. The number of rotatable bonds is 4. The monoisotopic (exact) mass is 498 g/mol. The van der Waals surface area contributed by atoms with E-state index in [0.29, 0.717) is 52.4 Å². The first-order valence-electron chi connectivity index (χ1n) is 11.9. The minimum absolute atomic E-state index is 0.0189. The van der Waals surface area contributed by atoms with Crippen LogP contribution in [0.5, 0.6) is 5.75 Å². The Morgan fingerprint density at radius 1 is 1.06 bits per heavy atom. The van der Waals surface area contributed by atoms with Crippen LogP contribution < -0.4 is 9.64 Å². The molecule has 0 aromatic heterocycles. The van der Waals surface area contributed by atoms with Crippen LogP contribution in [-0.4, -0.2) is 23.8 Å². The topological polar surface area (TPSA) is 73.6 Å². The minimum atomic E-state index is -0.580. The molecular weight excluding hydrogens is 472 g/mol. The Hall–Kier alpha value is -3.83. The number of aliphatic hydroxyl groups is 1. The van der Waals surface area contributed by atoms with Gasteiger partial charge in [-0.05, 0) is 55.2 Å². The van der Waals surface area contributed by atoms with Crippen LogP contribution >= 0.6 is 11.6 Å². The fourth-order valence-electron chi connectivity index (χ4n) is 5.08.